The van der Waals surface area contributed by atoms with Crippen LogP contribution >= 0.6 is 11.3 Å². The maximum atomic E-state index is 12.8. The van der Waals surface area contributed by atoms with Gasteiger partial charge in [0.15, 0.2) is 0 Å². The largest absolute Gasteiger partial charge is 0.337 e. The molecule has 0 fully saturated rings. The highest BCUT2D eigenvalue weighted by Crippen LogP contribution is 2.37. The van der Waals surface area contributed by atoms with E-state index in [1.54, 1.807) is 13.1 Å². The van der Waals surface area contributed by atoms with Crippen molar-refractivity contribution in [3.8, 4) is 10.7 Å². The summed E-state index contributed by atoms with van der Waals surface area (Å²) in [5.74, 6) is 0.491. The fourth-order valence-corrected chi connectivity index (χ4v) is 4.16. The lowest BCUT2D eigenvalue weighted by molar-refractivity contribution is -0.129. The van der Waals surface area contributed by atoms with Crippen LogP contribution in [0.4, 0.5) is 5.69 Å². The number of hydrogen-bond acceptors (Lipinski definition) is 6. The molecule has 8 heteroatoms. The third kappa shape index (κ3) is 2.98. The molecule has 1 aliphatic rings. The van der Waals surface area contributed by atoms with Crippen molar-refractivity contribution in [1.29, 1.82) is 0 Å². The zero-order valence-electron chi connectivity index (χ0n) is 15.5. The Bertz CT molecular complexity index is 1230. The standard InChI is InChI=1S/C21H16N4O3S/c1-24(11-17-22-20(23-28-17)16-9-4-10-29-16)18(26)12-25-15-8-3-6-13-5-2-7-14(19(13)15)21(25)27/h2-10H,11-12H2,1H3. The van der Waals surface area contributed by atoms with Crippen LogP contribution in [-0.2, 0) is 11.3 Å². The Kier molecular flexibility index (Phi) is 4.13. The van der Waals surface area contributed by atoms with Crippen molar-refractivity contribution in [2.24, 2.45) is 0 Å². The highest BCUT2D eigenvalue weighted by molar-refractivity contribution is 7.13. The van der Waals surface area contributed by atoms with Crippen LogP contribution in [0.15, 0.2) is 58.4 Å². The molecule has 0 spiro atoms. The quantitative estimate of drug-likeness (QED) is 0.508. The van der Waals surface area contributed by atoms with E-state index in [1.165, 1.54) is 21.1 Å². The van der Waals surface area contributed by atoms with Gasteiger partial charge in [-0.25, -0.2) is 0 Å². The Morgan fingerprint density at radius 3 is 2.79 bits per heavy atom. The molecule has 4 aromatic rings. The van der Waals surface area contributed by atoms with Crippen molar-refractivity contribution < 1.29 is 14.1 Å². The van der Waals surface area contributed by atoms with Crippen LogP contribution in [0.2, 0.25) is 0 Å². The SMILES string of the molecule is CN(Cc1nc(-c2cccs2)no1)C(=O)CN1C(=O)c2cccc3cccc1c23. The van der Waals surface area contributed by atoms with Crippen LogP contribution in [0.5, 0.6) is 0 Å². The van der Waals surface area contributed by atoms with Gasteiger partial charge in [-0.3, -0.25) is 14.5 Å². The van der Waals surface area contributed by atoms with Gasteiger partial charge in [0, 0.05) is 18.0 Å². The number of benzene rings is 2. The van der Waals surface area contributed by atoms with Gasteiger partial charge in [-0.1, -0.05) is 35.5 Å². The summed E-state index contributed by atoms with van der Waals surface area (Å²) in [5.41, 5.74) is 1.40. The molecular weight excluding hydrogens is 388 g/mol. The lowest BCUT2D eigenvalue weighted by Gasteiger charge is -2.21. The minimum atomic E-state index is -0.209. The van der Waals surface area contributed by atoms with E-state index >= 15 is 0 Å². The van der Waals surface area contributed by atoms with Gasteiger partial charge < -0.3 is 9.42 Å². The van der Waals surface area contributed by atoms with Crippen molar-refractivity contribution in [3.05, 3.63) is 65.4 Å². The predicted molar refractivity (Wildman–Crippen MR) is 110 cm³/mol. The molecule has 0 radical (unpaired) electrons. The summed E-state index contributed by atoms with van der Waals surface area (Å²) in [7, 11) is 1.66. The molecule has 0 saturated heterocycles. The molecule has 0 atom stereocenters. The molecule has 2 aromatic heterocycles. The number of likely N-dealkylation sites (N-methyl/N-ethyl adjacent to an activating group) is 1. The van der Waals surface area contributed by atoms with E-state index in [4.69, 9.17) is 4.52 Å². The molecule has 3 heterocycles. The van der Waals surface area contributed by atoms with Gasteiger partial charge in [-0.2, -0.15) is 4.98 Å². The average Bonchev–Trinajstić information content (AvgIpc) is 3.46. The number of nitrogens with zero attached hydrogens (tertiary/aromatic N) is 4. The monoisotopic (exact) mass is 404 g/mol. The Hall–Kier alpha value is -3.52. The minimum absolute atomic E-state index is 0.0466. The minimum Gasteiger partial charge on any atom is -0.337 e. The number of anilines is 1. The molecule has 0 saturated carbocycles. The van der Waals surface area contributed by atoms with Gasteiger partial charge >= 0.3 is 0 Å². The summed E-state index contributed by atoms with van der Waals surface area (Å²) >= 11 is 1.52. The molecule has 0 aliphatic carbocycles. The van der Waals surface area contributed by atoms with Crippen LogP contribution in [0, 0.1) is 0 Å². The van der Waals surface area contributed by atoms with Crippen LogP contribution in [0.3, 0.4) is 0 Å². The van der Waals surface area contributed by atoms with Crippen LogP contribution in [0.1, 0.15) is 16.2 Å². The van der Waals surface area contributed by atoms with Gasteiger partial charge in [0.25, 0.3) is 5.91 Å². The van der Waals surface area contributed by atoms with E-state index in [9.17, 15) is 9.59 Å². The van der Waals surface area contributed by atoms with E-state index in [-0.39, 0.29) is 24.9 Å². The van der Waals surface area contributed by atoms with Crippen molar-refractivity contribution >= 4 is 39.6 Å². The number of aromatic nitrogens is 2. The lowest BCUT2D eigenvalue weighted by Crippen LogP contribution is -2.39. The van der Waals surface area contributed by atoms with Gasteiger partial charge in [0.1, 0.15) is 6.54 Å². The second kappa shape index (κ2) is 6.82. The van der Waals surface area contributed by atoms with Crippen LogP contribution in [-0.4, -0.2) is 40.4 Å². The molecule has 144 valence electrons. The van der Waals surface area contributed by atoms with E-state index in [0.717, 1.165) is 21.3 Å². The smallest absolute Gasteiger partial charge is 0.259 e. The molecule has 5 rings (SSSR count). The van der Waals surface area contributed by atoms with Crippen molar-refractivity contribution in [2.45, 2.75) is 6.54 Å². The summed E-state index contributed by atoms with van der Waals surface area (Å²) in [6.07, 6.45) is 0. The van der Waals surface area contributed by atoms with Gasteiger partial charge in [0.2, 0.25) is 17.6 Å². The summed E-state index contributed by atoms with van der Waals surface area (Å²) in [6, 6.07) is 15.2. The Balaban J connectivity index is 1.32. The molecule has 2 amide bonds. The zero-order valence-corrected chi connectivity index (χ0v) is 16.3. The van der Waals surface area contributed by atoms with Crippen molar-refractivity contribution in [3.63, 3.8) is 0 Å². The number of carbonyl (C=O) groups is 2. The highest BCUT2D eigenvalue weighted by atomic mass is 32.1. The lowest BCUT2D eigenvalue weighted by atomic mass is 10.1. The van der Waals surface area contributed by atoms with Crippen molar-refractivity contribution in [2.75, 3.05) is 18.5 Å². The van der Waals surface area contributed by atoms with Gasteiger partial charge in [0.05, 0.1) is 17.1 Å². The van der Waals surface area contributed by atoms with Crippen molar-refractivity contribution in [1.82, 2.24) is 15.0 Å². The molecular formula is C21H16N4O3S. The van der Waals surface area contributed by atoms with Gasteiger partial charge in [-0.15, -0.1) is 11.3 Å². The molecule has 0 bridgehead atoms. The van der Waals surface area contributed by atoms with E-state index in [2.05, 4.69) is 10.1 Å². The summed E-state index contributed by atoms with van der Waals surface area (Å²) in [4.78, 5) is 33.9. The second-order valence-electron chi connectivity index (χ2n) is 6.81. The van der Waals surface area contributed by atoms with E-state index in [0.29, 0.717) is 17.3 Å². The third-order valence-corrected chi connectivity index (χ3v) is 5.82. The van der Waals surface area contributed by atoms with E-state index < -0.39 is 0 Å². The first-order valence-corrected chi connectivity index (χ1v) is 9.94. The predicted octanol–water partition coefficient (Wildman–Crippen LogP) is 3.57. The van der Waals surface area contributed by atoms with Gasteiger partial charge in [-0.05, 0) is 29.0 Å². The third-order valence-electron chi connectivity index (χ3n) is 4.95. The second-order valence-corrected chi connectivity index (χ2v) is 7.76. The highest BCUT2D eigenvalue weighted by Gasteiger charge is 2.31. The first-order chi connectivity index (χ1) is 14.1. The van der Waals surface area contributed by atoms with E-state index in [1.807, 2.05) is 47.8 Å². The Labute approximate surface area is 170 Å². The summed E-state index contributed by atoms with van der Waals surface area (Å²) < 4.78 is 5.27. The Morgan fingerprint density at radius 1 is 1.17 bits per heavy atom. The summed E-state index contributed by atoms with van der Waals surface area (Å²) in [5, 5.41) is 7.78. The number of hydrogen-bond donors (Lipinski definition) is 0. The molecule has 0 unspecified atom stereocenters. The number of carbonyl (C=O) groups excluding carboxylic acids is 2. The fraction of sp³-hybridized carbons (Fsp3) is 0.143. The Morgan fingerprint density at radius 2 is 2.00 bits per heavy atom. The number of amides is 2. The first kappa shape index (κ1) is 17.6. The number of thiophene rings is 1. The molecule has 1 aliphatic heterocycles. The maximum Gasteiger partial charge on any atom is 0.259 e. The molecule has 29 heavy (non-hydrogen) atoms. The topological polar surface area (TPSA) is 79.5 Å². The summed E-state index contributed by atoms with van der Waals surface area (Å²) in [6.45, 7) is 0.130. The number of rotatable bonds is 5. The zero-order chi connectivity index (χ0) is 20.0. The maximum absolute atomic E-state index is 12.8. The molecule has 0 N–H and O–H groups in total. The molecule has 7 nitrogen and oxygen atoms in total. The average molecular weight is 404 g/mol. The fourth-order valence-electron chi connectivity index (χ4n) is 3.51. The van der Waals surface area contributed by atoms with Crippen LogP contribution < -0.4 is 4.90 Å². The normalized spacial score (nSPS) is 12.7. The van der Waals surface area contributed by atoms with Crippen LogP contribution in [0.25, 0.3) is 21.5 Å². The molecule has 2 aromatic carbocycles. The first-order valence-electron chi connectivity index (χ1n) is 9.06.